The minimum absolute atomic E-state index is 0.0722. The second-order valence-electron chi connectivity index (χ2n) is 6.54. The fraction of sp³-hybridized carbons (Fsp3) is 0.467. The van der Waals surface area contributed by atoms with E-state index in [-0.39, 0.29) is 6.07 Å². The van der Waals surface area contributed by atoms with Crippen molar-refractivity contribution in [3.05, 3.63) is 33.9 Å². The molecule has 0 saturated heterocycles. The summed E-state index contributed by atoms with van der Waals surface area (Å²) in [5, 5.41) is 23.0. The number of nitrogens with one attached hydrogen (secondary N) is 2. The molecule has 33 heavy (non-hydrogen) atoms. The summed E-state index contributed by atoms with van der Waals surface area (Å²) in [6, 6.07) is 0.982. The molecule has 1 aromatic rings. The molecule has 1 rings (SSSR count). The Bertz CT molecular complexity index is 943. The molecule has 0 saturated carbocycles. The molecule has 0 aromatic heterocycles. The van der Waals surface area contributed by atoms with Gasteiger partial charge in [0.25, 0.3) is 17.5 Å². The summed E-state index contributed by atoms with van der Waals surface area (Å²) in [5.74, 6) is -18.1. The number of nitrogens with zero attached hydrogens (tertiary/aromatic N) is 1. The molecule has 8 nitrogen and oxygen atoms in total. The number of aliphatic hydroxyl groups is 1. The van der Waals surface area contributed by atoms with Crippen molar-refractivity contribution in [2.24, 2.45) is 0 Å². The van der Waals surface area contributed by atoms with Gasteiger partial charge in [0.2, 0.25) is 0 Å². The first-order valence-electron chi connectivity index (χ1n) is 8.06. The highest BCUT2D eigenvalue weighted by atomic mass is 19.4. The zero-order valence-electron chi connectivity index (χ0n) is 15.7. The number of hydrogen-bond acceptors (Lipinski definition) is 5. The SMILES string of the molecule is CC(O)(CNC(=O)C(F)(F)C(F)(F)C(F)(F)F)C(=O)Nc1ccc([N+](=O)[O-])c(C(F)(F)F)c1. The van der Waals surface area contributed by atoms with Crippen molar-refractivity contribution in [1.29, 1.82) is 0 Å². The third-order valence-electron chi connectivity index (χ3n) is 3.87. The largest absolute Gasteiger partial charge is 0.460 e. The highest BCUT2D eigenvalue weighted by Crippen LogP contribution is 2.46. The van der Waals surface area contributed by atoms with E-state index in [9.17, 15) is 68.7 Å². The van der Waals surface area contributed by atoms with Gasteiger partial charge in [0.05, 0.1) is 11.5 Å². The molecule has 1 unspecified atom stereocenters. The summed E-state index contributed by atoms with van der Waals surface area (Å²) in [5.41, 5.74) is -7.07. The van der Waals surface area contributed by atoms with Gasteiger partial charge in [-0.25, -0.2) is 0 Å². The van der Waals surface area contributed by atoms with Gasteiger partial charge in [-0.2, -0.15) is 43.9 Å². The van der Waals surface area contributed by atoms with Gasteiger partial charge in [-0.1, -0.05) is 0 Å². The normalized spacial score (nSPS) is 14.9. The molecule has 1 atom stereocenters. The number of anilines is 1. The third kappa shape index (κ3) is 5.79. The highest BCUT2D eigenvalue weighted by molar-refractivity contribution is 5.97. The van der Waals surface area contributed by atoms with Gasteiger partial charge in [-0.15, -0.1) is 0 Å². The molecule has 0 bridgehead atoms. The van der Waals surface area contributed by atoms with E-state index in [2.05, 4.69) is 0 Å². The van der Waals surface area contributed by atoms with Crippen LogP contribution >= 0.6 is 0 Å². The lowest BCUT2D eigenvalue weighted by atomic mass is 10.0. The third-order valence-corrected chi connectivity index (χ3v) is 3.87. The van der Waals surface area contributed by atoms with Gasteiger partial charge in [0.1, 0.15) is 5.56 Å². The smallest absolute Gasteiger partial charge is 0.378 e. The monoisotopic (exact) mass is 503 g/mol. The Morgan fingerprint density at radius 1 is 1.00 bits per heavy atom. The average Bonchev–Trinajstić information content (AvgIpc) is 2.63. The number of hydrogen-bond donors (Lipinski definition) is 3. The van der Waals surface area contributed by atoms with E-state index in [4.69, 9.17) is 0 Å². The van der Waals surface area contributed by atoms with E-state index in [1.165, 1.54) is 0 Å². The topological polar surface area (TPSA) is 122 Å². The Hall–Kier alpha value is -3.18. The Kier molecular flexibility index (Phi) is 7.29. The number of rotatable bonds is 7. The number of halogens is 10. The first-order chi connectivity index (χ1) is 14.6. The van der Waals surface area contributed by atoms with Crippen molar-refractivity contribution >= 4 is 23.2 Å². The summed E-state index contributed by atoms with van der Waals surface area (Å²) >= 11 is 0. The van der Waals surface area contributed by atoms with Gasteiger partial charge in [-0.05, 0) is 19.1 Å². The van der Waals surface area contributed by atoms with Crippen LogP contribution in [0.4, 0.5) is 55.3 Å². The molecule has 0 heterocycles. The summed E-state index contributed by atoms with van der Waals surface area (Å²) in [6.07, 6.45) is -12.1. The van der Waals surface area contributed by atoms with Crippen LogP contribution in [0.5, 0.6) is 0 Å². The average molecular weight is 503 g/mol. The maximum Gasteiger partial charge on any atom is 0.460 e. The predicted octanol–water partition coefficient (Wildman–Crippen LogP) is 3.25. The van der Waals surface area contributed by atoms with E-state index in [0.29, 0.717) is 19.1 Å². The molecule has 186 valence electrons. The lowest BCUT2D eigenvalue weighted by Crippen LogP contribution is -2.61. The van der Waals surface area contributed by atoms with Crippen LogP contribution in [0.15, 0.2) is 18.2 Å². The second-order valence-corrected chi connectivity index (χ2v) is 6.54. The van der Waals surface area contributed by atoms with E-state index < -0.39 is 70.0 Å². The standard InChI is InChI=1S/C15H11F10N3O5/c1-11(31,5-26-10(30)12(16,17)14(21,22)15(23,24)25)9(29)27-6-2-3-8(28(32)33)7(4-6)13(18,19)20/h2-4,31H,5H2,1H3,(H,26,30)(H,27,29). The number of amides is 2. The first-order valence-corrected chi connectivity index (χ1v) is 8.06. The van der Waals surface area contributed by atoms with Gasteiger partial charge in [0, 0.05) is 11.8 Å². The van der Waals surface area contributed by atoms with Crippen LogP contribution < -0.4 is 10.6 Å². The van der Waals surface area contributed by atoms with Crippen LogP contribution in [-0.4, -0.2) is 52.0 Å². The van der Waals surface area contributed by atoms with Crippen LogP contribution in [0.1, 0.15) is 12.5 Å². The van der Waals surface area contributed by atoms with Crippen LogP contribution in [0.3, 0.4) is 0 Å². The molecule has 2 amide bonds. The fourth-order valence-electron chi connectivity index (χ4n) is 2.03. The maximum atomic E-state index is 13.2. The second kappa shape index (κ2) is 8.64. The highest BCUT2D eigenvalue weighted by Gasteiger charge is 2.76. The predicted molar refractivity (Wildman–Crippen MR) is 86.3 cm³/mol. The molecule has 0 aliphatic heterocycles. The number of alkyl halides is 10. The molecule has 3 N–H and O–H groups in total. The molecule has 0 aliphatic carbocycles. The molecular formula is C15H11F10N3O5. The van der Waals surface area contributed by atoms with Gasteiger partial charge in [-0.3, -0.25) is 19.7 Å². The quantitative estimate of drug-likeness (QED) is 0.300. The van der Waals surface area contributed by atoms with Crippen molar-refractivity contribution in [3.8, 4) is 0 Å². The maximum absolute atomic E-state index is 13.2. The minimum Gasteiger partial charge on any atom is -0.378 e. The number of benzene rings is 1. The Morgan fingerprint density at radius 2 is 1.52 bits per heavy atom. The fourth-order valence-corrected chi connectivity index (χ4v) is 2.03. The molecule has 0 radical (unpaired) electrons. The summed E-state index contributed by atoms with van der Waals surface area (Å²) in [7, 11) is 0. The molecule has 1 aromatic carbocycles. The number of nitro groups is 1. The lowest BCUT2D eigenvalue weighted by molar-refractivity contribution is -0.388. The number of carbonyl (C=O) groups is 2. The zero-order valence-corrected chi connectivity index (χ0v) is 15.7. The van der Waals surface area contributed by atoms with Gasteiger partial charge >= 0.3 is 24.2 Å². The molecular weight excluding hydrogens is 492 g/mol. The zero-order chi connectivity index (χ0) is 26.2. The van der Waals surface area contributed by atoms with Crippen molar-refractivity contribution < 1.29 is 63.5 Å². The van der Waals surface area contributed by atoms with E-state index in [1.807, 2.05) is 0 Å². The van der Waals surface area contributed by atoms with Crippen molar-refractivity contribution in [1.82, 2.24) is 5.32 Å². The molecule has 0 aliphatic rings. The van der Waals surface area contributed by atoms with Gasteiger partial charge in [0.15, 0.2) is 5.60 Å². The lowest BCUT2D eigenvalue weighted by Gasteiger charge is -2.28. The Morgan fingerprint density at radius 3 is 1.94 bits per heavy atom. The van der Waals surface area contributed by atoms with E-state index >= 15 is 0 Å². The van der Waals surface area contributed by atoms with Crippen LogP contribution in [0.25, 0.3) is 0 Å². The van der Waals surface area contributed by atoms with E-state index in [0.717, 1.165) is 5.32 Å². The van der Waals surface area contributed by atoms with Crippen molar-refractivity contribution in [3.63, 3.8) is 0 Å². The summed E-state index contributed by atoms with van der Waals surface area (Å²) < 4.78 is 127. The van der Waals surface area contributed by atoms with E-state index in [1.54, 1.807) is 5.32 Å². The van der Waals surface area contributed by atoms with Crippen molar-refractivity contribution in [2.75, 3.05) is 11.9 Å². The summed E-state index contributed by atoms with van der Waals surface area (Å²) in [4.78, 5) is 32.4. The Labute approximate surface area is 175 Å². The minimum atomic E-state index is -6.83. The Balaban J connectivity index is 3.03. The number of nitro benzene ring substituents is 1. The van der Waals surface area contributed by atoms with Crippen LogP contribution in [0, 0.1) is 10.1 Å². The first kappa shape index (κ1) is 27.9. The molecule has 0 fully saturated rings. The van der Waals surface area contributed by atoms with Gasteiger partial charge < -0.3 is 15.7 Å². The summed E-state index contributed by atoms with van der Waals surface area (Å²) in [6.45, 7) is -1.24. The van der Waals surface area contributed by atoms with Crippen molar-refractivity contribution in [2.45, 2.75) is 36.7 Å². The van der Waals surface area contributed by atoms with Crippen LogP contribution in [0.2, 0.25) is 0 Å². The molecule has 18 heteroatoms. The molecule has 0 spiro atoms. The van der Waals surface area contributed by atoms with Crippen LogP contribution in [-0.2, 0) is 15.8 Å². The number of carbonyl (C=O) groups excluding carboxylic acids is 2.